The Morgan fingerprint density at radius 2 is 1.90 bits per heavy atom. The molecule has 1 saturated carbocycles. The number of carboxylic acid groups (broad SMARTS) is 1. The lowest BCUT2D eigenvalue weighted by atomic mass is 9.96. The smallest absolute Gasteiger partial charge is 0.303 e. The van der Waals surface area contributed by atoms with Crippen molar-refractivity contribution in [1.29, 1.82) is 0 Å². The number of carboxylic acids is 1. The quantitative estimate of drug-likeness (QED) is 0.533. The maximum atomic E-state index is 11.0. The van der Waals surface area contributed by atoms with Crippen LogP contribution in [-0.2, 0) is 11.2 Å². The number of aryl methyl sites for hydroxylation is 1. The van der Waals surface area contributed by atoms with E-state index >= 15 is 0 Å². The molecule has 29 heavy (non-hydrogen) atoms. The van der Waals surface area contributed by atoms with Gasteiger partial charge in [-0.3, -0.25) is 4.79 Å². The lowest BCUT2D eigenvalue weighted by Gasteiger charge is -2.23. The van der Waals surface area contributed by atoms with Crippen LogP contribution >= 0.6 is 0 Å². The summed E-state index contributed by atoms with van der Waals surface area (Å²) in [7, 11) is 0. The molecule has 0 spiro atoms. The van der Waals surface area contributed by atoms with Crippen molar-refractivity contribution in [3.63, 3.8) is 0 Å². The number of fused-ring (bicyclic) bond motifs is 1. The third-order valence-corrected chi connectivity index (χ3v) is 5.92. The van der Waals surface area contributed by atoms with Crippen molar-refractivity contribution in [2.45, 2.75) is 45.1 Å². The summed E-state index contributed by atoms with van der Waals surface area (Å²) < 4.78 is 6.46. The van der Waals surface area contributed by atoms with Crippen molar-refractivity contribution in [1.82, 2.24) is 0 Å². The first kappa shape index (κ1) is 19.3. The van der Waals surface area contributed by atoms with Crippen LogP contribution < -0.4 is 10.5 Å². The number of hydrogen-bond donors (Lipinski definition) is 2. The fraction of sp³-hybridized carbons (Fsp3) is 0.320. The van der Waals surface area contributed by atoms with Gasteiger partial charge >= 0.3 is 5.97 Å². The predicted octanol–water partition coefficient (Wildman–Crippen LogP) is 5.67. The number of benzene rings is 3. The highest BCUT2D eigenvalue weighted by Crippen LogP contribution is 2.41. The molecule has 2 unspecified atom stereocenters. The molecular weight excluding hydrogens is 362 g/mol. The van der Waals surface area contributed by atoms with Crippen LogP contribution in [0.15, 0.2) is 54.6 Å². The summed E-state index contributed by atoms with van der Waals surface area (Å²) in [6.07, 6.45) is 4.08. The first-order chi connectivity index (χ1) is 14.0. The third-order valence-electron chi connectivity index (χ3n) is 5.92. The number of ether oxygens (including phenoxy) is 1. The van der Waals surface area contributed by atoms with E-state index in [0.717, 1.165) is 34.2 Å². The second kappa shape index (κ2) is 8.16. The molecular formula is C25H27NO3. The Labute approximate surface area is 171 Å². The molecule has 0 aromatic heterocycles. The van der Waals surface area contributed by atoms with Crippen molar-refractivity contribution in [3.05, 3.63) is 60.2 Å². The van der Waals surface area contributed by atoms with Crippen LogP contribution in [0.3, 0.4) is 0 Å². The zero-order valence-corrected chi connectivity index (χ0v) is 16.7. The standard InChI is InChI=1S/C25H27NO3/c1-16-5-4-8-23(16)29-25-21(13-17(14-22(25)26)9-12-24(27)28)20-11-10-18-6-2-3-7-19(18)15-20/h2-3,6-7,10-11,13-16,23H,4-5,8-9,12,26H2,1H3,(H,27,28). The Morgan fingerprint density at radius 1 is 1.10 bits per heavy atom. The molecule has 4 rings (SSSR count). The molecule has 3 aromatic carbocycles. The molecule has 0 saturated heterocycles. The summed E-state index contributed by atoms with van der Waals surface area (Å²) in [5, 5.41) is 11.4. The number of hydrogen-bond acceptors (Lipinski definition) is 3. The zero-order chi connectivity index (χ0) is 20.4. The van der Waals surface area contributed by atoms with Gasteiger partial charge in [0.25, 0.3) is 0 Å². The molecule has 3 N–H and O–H groups in total. The van der Waals surface area contributed by atoms with Gasteiger partial charge in [0.2, 0.25) is 0 Å². The van der Waals surface area contributed by atoms with Gasteiger partial charge in [0.1, 0.15) is 11.9 Å². The SMILES string of the molecule is CC1CCCC1Oc1c(N)cc(CCC(=O)O)cc1-c1ccc2ccccc2c1. The highest BCUT2D eigenvalue weighted by atomic mass is 16.5. The van der Waals surface area contributed by atoms with Crippen LogP contribution in [0.25, 0.3) is 21.9 Å². The summed E-state index contributed by atoms with van der Waals surface area (Å²) >= 11 is 0. The van der Waals surface area contributed by atoms with E-state index in [1.807, 2.05) is 24.3 Å². The highest BCUT2D eigenvalue weighted by Gasteiger charge is 2.27. The van der Waals surface area contributed by atoms with Crippen LogP contribution in [-0.4, -0.2) is 17.2 Å². The maximum absolute atomic E-state index is 11.0. The molecule has 1 fully saturated rings. The van der Waals surface area contributed by atoms with Gasteiger partial charge in [-0.1, -0.05) is 43.3 Å². The van der Waals surface area contributed by atoms with E-state index in [4.69, 9.17) is 15.6 Å². The summed E-state index contributed by atoms with van der Waals surface area (Å²) in [6.45, 7) is 2.23. The van der Waals surface area contributed by atoms with E-state index in [2.05, 4.69) is 37.3 Å². The van der Waals surface area contributed by atoms with Gasteiger partial charge in [-0.05, 0) is 71.7 Å². The van der Waals surface area contributed by atoms with Crippen LogP contribution in [0.4, 0.5) is 5.69 Å². The van der Waals surface area contributed by atoms with Crippen LogP contribution in [0.1, 0.15) is 38.2 Å². The maximum Gasteiger partial charge on any atom is 0.303 e. The predicted molar refractivity (Wildman–Crippen MR) is 117 cm³/mol. The first-order valence-electron chi connectivity index (χ1n) is 10.3. The molecule has 0 radical (unpaired) electrons. The summed E-state index contributed by atoms with van der Waals surface area (Å²) in [4.78, 5) is 11.0. The van der Waals surface area contributed by atoms with Gasteiger partial charge < -0.3 is 15.6 Å². The van der Waals surface area contributed by atoms with Crippen LogP contribution in [0, 0.1) is 5.92 Å². The Kier molecular flexibility index (Phi) is 5.43. The number of nitrogens with two attached hydrogens (primary N) is 1. The molecule has 0 bridgehead atoms. The van der Waals surface area contributed by atoms with E-state index in [9.17, 15) is 4.79 Å². The molecule has 0 aliphatic heterocycles. The average molecular weight is 389 g/mol. The number of nitrogen functional groups attached to an aromatic ring is 1. The van der Waals surface area contributed by atoms with Crippen molar-refractivity contribution < 1.29 is 14.6 Å². The summed E-state index contributed by atoms with van der Waals surface area (Å²) in [5.74, 6) is 0.416. The van der Waals surface area contributed by atoms with Crippen LogP contribution in [0.2, 0.25) is 0 Å². The summed E-state index contributed by atoms with van der Waals surface area (Å²) in [5.41, 5.74) is 9.90. The summed E-state index contributed by atoms with van der Waals surface area (Å²) in [6, 6.07) is 18.5. The second-order valence-electron chi connectivity index (χ2n) is 8.08. The van der Waals surface area contributed by atoms with Crippen molar-refractivity contribution in [2.24, 2.45) is 5.92 Å². The van der Waals surface area contributed by atoms with E-state index in [0.29, 0.717) is 18.0 Å². The van der Waals surface area contributed by atoms with E-state index in [1.54, 1.807) is 0 Å². The molecule has 4 heteroatoms. The minimum absolute atomic E-state index is 0.0798. The lowest BCUT2D eigenvalue weighted by molar-refractivity contribution is -0.136. The van der Waals surface area contributed by atoms with Crippen molar-refractivity contribution >= 4 is 22.4 Å². The Bertz CT molecular complexity index is 1040. The van der Waals surface area contributed by atoms with Gasteiger partial charge in [-0.15, -0.1) is 0 Å². The Morgan fingerprint density at radius 3 is 2.62 bits per heavy atom. The molecule has 2 atom stereocenters. The number of anilines is 1. The van der Waals surface area contributed by atoms with Gasteiger partial charge in [0.15, 0.2) is 0 Å². The fourth-order valence-corrected chi connectivity index (χ4v) is 4.25. The molecule has 0 heterocycles. The van der Waals surface area contributed by atoms with Gasteiger partial charge in [0.05, 0.1) is 5.69 Å². The van der Waals surface area contributed by atoms with E-state index in [1.165, 1.54) is 18.2 Å². The largest absolute Gasteiger partial charge is 0.487 e. The number of aliphatic carboxylic acids is 1. The fourth-order valence-electron chi connectivity index (χ4n) is 4.25. The first-order valence-corrected chi connectivity index (χ1v) is 10.3. The third kappa shape index (κ3) is 4.21. The topological polar surface area (TPSA) is 72.5 Å². The van der Waals surface area contributed by atoms with Crippen LogP contribution in [0.5, 0.6) is 5.75 Å². The van der Waals surface area contributed by atoms with Gasteiger partial charge in [-0.25, -0.2) is 0 Å². The number of rotatable bonds is 6. The minimum Gasteiger partial charge on any atom is -0.487 e. The molecule has 1 aliphatic carbocycles. The molecule has 1 aliphatic rings. The monoisotopic (exact) mass is 389 g/mol. The molecule has 4 nitrogen and oxygen atoms in total. The molecule has 150 valence electrons. The van der Waals surface area contributed by atoms with Gasteiger partial charge in [-0.2, -0.15) is 0 Å². The lowest BCUT2D eigenvalue weighted by Crippen LogP contribution is -2.20. The molecule has 3 aromatic rings. The Hall–Kier alpha value is -3.01. The van der Waals surface area contributed by atoms with Crippen molar-refractivity contribution in [2.75, 3.05) is 5.73 Å². The zero-order valence-electron chi connectivity index (χ0n) is 16.7. The average Bonchev–Trinajstić information content (AvgIpc) is 3.12. The Balaban J connectivity index is 1.79. The number of carbonyl (C=O) groups is 1. The minimum atomic E-state index is -0.809. The highest BCUT2D eigenvalue weighted by molar-refractivity contribution is 5.89. The van der Waals surface area contributed by atoms with Crippen molar-refractivity contribution in [3.8, 4) is 16.9 Å². The van der Waals surface area contributed by atoms with Gasteiger partial charge in [0, 0.05) is 12.0 Å². The van der Waals surface area contributed by atoms with E-state index < -0.39 is 5.97 Å². The normalized spacial score (nSPS) is 18.8. The van der Waals surface area contributed by atoms with E-state index in [-0.39, 0.29) is 12.5 Å². The molecule has 0 amide bonds. The second-order valence-corrected chi connectivity index (χ2v) is 8.08.